The van der Waals surface area contributed by atoms with Crippen LogP contribution in [0.25, 0.3) is 0 Å². The third kappa shape index (κ3) is 3.87. The van der Waals surface area contributed by atoms with Gasteiger partial charge >= 0.3 is 0 Å². The van der Waals surface area contributed by atoms with Crippen molar-refractivity contribution in [2.75, 3.05) is 13.1 Å². The number of carbonyl (C=O) groups excluding carboxylic acids is 1. The first-order valence-corrected chi connectivity index (χ1v) is 7.86. The van der Waals surface area contributed by atoms with E-state index in [0.29, 0.717) is 24.5 Å². The van der Waals surface area contributed by atoms with Gasteiger partial charge in [0.15, 0.2) is 0 Å². The Kier molecular flexibility index (Phi) is 4.57. The summed E-state index contributed by atoms with van der Waals surface area (Å²) in [6.07, 6.45) is 1.61. The molecule has 5 nitrogen and oxygen atoms in total. The Labute approximate surface area is 136 Å². The number of nitrogens with one attached hydrogen (secondary N) is 1. The predicted molar refractivity (Wildman–Crippen MR) is 88.7 cm³/mol. The van der Waals surface area contributed by atoms with Crippen molar-refractivity contribution in [1.82, 2.24) is 15.2 Å². The largest absolute Gasteiger partial charge is 0.457 e. The van der Waals surface area contributed by atoms with E-state index in [1.165, 1.54) is 0 Å². The number of benzene rings is 1. The van der Waals surface area contributed by atoms with Gasteiger partial charge in [0, 0.05) is 37.4 Å². The third-order valence-corrected chi connectivity index (χ3v) is 3.77. The SMILES string of the molecule is C[C@@H]1CN(C(=O)c2cc(Oc3ccccc3)ccn2)C[C@H](C)N1. The lowest BCUT2D eigenvalue weighted by Gasteiger charge is -2.35. The number of hydrogen-bond acceptors (Lipinski definition) is 4. The lowest BCUT2D eigenvalue weighted by molar-refractivity contribution is 0.0667. The van der Waals surface area contributed by atoms with Gasteiger partial charge in [0.2, 0.25) is 0 Å². The molecule has 1 saturated heterocycles. The lowest BCUT2D eigenvalue weighted by Crippen LogP contribution is -2.55. The molecule has 1 aliphatic rings. The van der Waals surface area contributed by atoms with Crippen LogP contribution in [-0.2, 0) is 0 Å². The van der Waals surface area contributed by atoms with Crippen molar-refractivity contribution in [2.24, 2.45) is 0 Å². The molecule has 2 heterocycles. The minimum absolute atomic E-state index is 0.0521. The first-order valence-electron chi connectivity index (χ1n) is 7.86. The molecule has 1 aromatic heterocycles. The van der Waals surface area contributed by atoms with E-state index in [1.54, 1.807) is 18.3 Å². The first kappa shape index (κ1) is 15.5. The van der Waals surface area contributed by atoms with Gasteiger partial charge in [-0.1, -0.05) is 18.2 Å². The molecule has 1 N–H and O–H groups in total. The molecule has 1 amide bonds. The Morgan fingerprint density at radius 2 is 1.83 bits per heavy atom. The molecule has 0 aliphatic carbocycles. The Bertz CT molecular complexity index is 665. The van der Waals surface area contributed by atoms with Crippen molar-refractivity contribution in [3.63, 3.8) is 0 Å². The summed E-state index contributed by atoms with van der Waals surface area (Å²) in [6, 6.07) is 13.5. The highest BCUT2D eigenvalue weighted by Gasteiger charge is 2.26. The Morgan fingerprint density at radius 1 is 1.13 bits per heavy atom. The van der Waals surface area contributed by atoms with Gasteiger partial charge in [-0.05, 0) is 32.0 Å². The maximum atomic E-state index is 12.7. The van der Waals surface area contributed by atoms with Crippen LogP contribution in [-0.4, -0.2) is 41.0 Å². The van der Waals surface area contributed by atoms with Gasteiger partial charge in [0.1, 0.15) is 17.2 Å². The average molecular weight is 311 g/mol. The number of amides is 1. The smallest absolute Gasteiger partial charge is 0.272 e. The number of pyridine rings is 1. The van der Waals surface area contributed by atoms with E-state index >= 15 is 0 Å². The Balaban J connectivity index is 1.75. The van der Waals surface area contributed by atoms with E-state index < -0.39 is 0 Å². The van der Waals surface area contributed by atoms with Gasteiger partial charge in [-0.2, -0.15) is 0 Å². The van der Waals surface area contributed by atoms with E-state index in [4.69, 9.17) is 4.74 Å². The zero-order valence-electron chi connectivity index (χ0n) is 13.4. The zero-order chi connectivity index (χ0) is 16.2. The number of para-hydroxylation sites is 1. The quantitative estimate of drug-likeness (QED) is 0.947. The summed E-state index contributed by atoms with van der Waals surface area (Å²) in [5.74, 6) is 1.30. The summed E-state index contributed by atoms with van der Waals surface area (Å²) in [4.78, 5) is 18.7. The normalized spacial score (nSPS) is 21.0. The van der Waals surface area contributed by atoms with Crippen LogP contribution in [0.4, 0.5) is 0 Å². The number of aromatic nitrogens is 1. The summed E-state index contributed by atoms with van der Waals surface area (Å²) in [5, 5.41) is 3.42. The fourth-order valence-corrected chi connectivity index (χ4v) is 2.87. The molecular weight excluding hydrogens is 290 g/mol. The molecule has 120 valence electrons. The van der Waals surface area contributed by atoms with Crippen LogP contribution in [0.2, 0.25) is 0 Å². The molecule has 0 spiro atoms. The van der Waals surface area contributed by atoms with Crippen LogP contribution in [0.5, 0.6) is 11.5 Å². The molecule has 0 bridgehead atoms. The van der Waals surface area contributed by atoms with E-state index in [9.17, 15) is 4.79 Å². The number of nitrogens with zero attached hydrogens (tertiary/aromatic N) is 2. The second-order valence-corrected chi connectivity index (χ2v) is 5.97. The Hall–Kier alpha value is -2.40. The zero-order valence-corrected chi connectivity index (χ0v) is 13.4. The van der Waals surface area contributed by atoms with Crippen LogP contribution in [0.15, 0.2) is 48.7 Å². The molecule has 5 heteroatoms. The van der Waals surface area contributed by atoms with Gasteiger partial charge in [-0.15, -0.1) is 0 Å². The van der Waals surface area contributed by atoms with Crippen molar-refractivity contribution in [3.8, 4) is 11.5 Å². The van der Waals surface area contributed by atoms with Crippen molar-refractivity contribution in [2.45, 2.75) is 25.9 Å². The molecule has 3 rings (SSSR count). The number of piperazine rings is 1. The highest BCUT2D eigenvalue weighted by Crippen LogP contribution is 2.21. The summed E-state index contributed by atoms with van der Waals surface area (Å²) < 4.78 is 5.78. The summed E-state index contributed by atoms with van der Waals surface area (Å²) in [5.41, 5.74) is 0.416. The van der Waals surface area contributed by atoms with Crippen LogP contribution in [0.1, 0.15) is 24.3 Å². The minimum Gasteiger partial charge on any atom is -0.457 e. The summed E-state index contributed by atoms with van der Waals surface area (Å²) >= 11 is 0. The fraction of sp³-hybridized carbons (Fsp3) is 0.333. The van der Waals surface area contributed by atoms with Gasteiger partial charge in [0.05, 0.1) is 0 Å². The molecule has 2 atom stereocenters. The van der Waals surface area contributed by atoms with E-state index in [1.807, 2.05) is 35.2 Å². The highest BCUT2D eigenvalue weighted by molar-refractivity contribution is 5.92. The standard InChI is InChI=1S/C18H21N3O2/c1-13-11-21(12-14(2)20-13)18(22)17-10-16(8-9-19-17)23-15-6-4-3-5-7-15/h3-10,13-14,20H,11-12H2,1-2H3/t13-,14+. The molecule has 1 aromatic carbocycles. The highest BCUT2D eigenvalue weighted by atomic mass is 16.5. The van der Waals surface area contributed by atoms with E-state index in [-0.39, 0.29) is 18.0 Å². The molecule has 1 fully saturated rings. The number of rotatable bonds is 3. The van der Waals surface area contributed by atoms with Crippen molar-refractivity contribution >= 4 is 5.91 Å². The van der Waals surface area contributed by atoms with Gasteiger partial charge in [0.25, 0.3) is 5.91 Å². The second kappa shape index (κ2) is 6.79. The maximum absolute atomic E-state index is 12.7. The van der Waals surface area contributed by atoms with E-state index in [2.05, 4.69) is 24.1 Å². The van der Waals surface area contributed by atoms with Crippen LogP contribution in [0.3, 0.4) is 0 Å². The molecule has 0 unspecified atom stereocenters. The predicted octanol–water partition coefficient (Wildman–Crippen LogP) is 2.70. The Morgan fingerprint density at radius 3 is 2.52 bits per heavy atom. The number of ether oxygens (including phenoxy) is 1. The van der Waals surface area contributed by atoms with E-state index in [0.717, 1.165) is 5.75 Å². The maximum Gasteiger partial charge on any atom is 0.272 e. The second-order valence-electron chi connectivity index (χ2n) is 5.97. The third-order valence-electron chi connectivity index (χ3n) is 3.77. The molecule has 0 saturated carbocycles. The monoisotopic (exact) mass is 311 g/mol. The summed E-state index contributed by atoms with van der Waals surface area (Å²) in [7, 11) is 0. The molecule has 1 aliphatic heterocycles. The number of carbonyl (C=O) groups is 1. The lowest BCUT2D eigenvalue weighted by atomic mass is 10.1. The number of hydrogen-bond donors (Lipinski definition) is 1. The summed E-state index contributed by atoms with van der Waals surface area (Å²) in [6.45, 7) is 5.54. The van der Waals surface area contributed by atoms with Crippen LogP contribution < -0.4 is 10.1 Å². The van der Waals surface area contributed by atoms with Gasteiger partial charge in [-0.3, -0.25) is 9.78 Å². The molecular formula is C18H21N3O2. The first-order chi connectivity index (χ1) is 11.1. The topological polar surface area (TPSA) is 54.5 Å². The van der Waals surface area contributed by atoms with Gasteiger partial charge in [-0.25, -0.2) is 0 Å². The van der Waals surface area contributed by atoms with Gasteiger partial charge < -0.3 is 15.0 Å². The molecule has 0 radical (unpaired) electrons. The minimum atomic E-state index is -0.0521. The van der Waals surface area contributed by atoms with Crippen LogP contribution in [0, 0.1) is 0 Å². The van der Waals surface area contributed by atoms with Crippen molar-refractivity contribution in [3.05, 3.63) is 54.4 Å². The van der Waals surface area contributed by atoms with Crippen molar-refractivity contribution in [1.29, 1.82) is 0 Å². The average Bonchev–Trinajstić information content (AvgIpc) is 2.54. The molecule has 2 aromatic rings. The molecule has 23 heavy (non-hydrogen) atoms. The van der Waals surface area contributed by atoms with Crippen LogP contribution >= 0.6 is 0 Å². The van der Waals surface area contributed by atoms with Crippen molar-refractivity contribution < 1.29 is 9.53 Å². The fourth-order valence-electron chi connectivity index (χ4n) is 2.87.